The number of hydrogen-bond donors (Lipinski definition) is 1. The topological polar surface area (TPSA) is 65.0 Å². The smallest absolute Gasteiger partial charge is 0.338 e. The molecule has 0 aliphatic heterocycles. The fourth-order valence-corrected chi connectivity index (χ4v) is 2.32. The molecule has 0 aliphatic carbocycles. The Hall–Kier alpha value is -1.91. The molecular formula is C18H28O5. The minimum atomic E-state index is -0.437. The van der Waals surface area contributed by atoms with Crippen LogP contribution in [0.3, 0.4) is 0 Å². The Kier molecular flexibility index (Phi) is 8.95. The number of carbonyl (C=O) groups excluding carboxylic acids is 1. The Morgan fingerprint density at radius 1 is 0.957 bits per heavy atom. The molecule has 0 aliphatic rings. The van der Waals surface area contributed by atoms with Crippen molar-refractivity contribution in [2.24, 2.45) is 0 Å². The molecule has 0 saturated heterocycles. The van der Waals surface area contributed by atoms with E-state index in [4.69, 9.17) is 14.2 Å². The summed E-state index contributed by atoms with van der Waals surface area (Å²) in [5.41, 5.74) is 0.305. The highest BCUT2D eigenvalue weighted by molar-refractivity contribution is 5.91. The second kappa shape index (κ2) is 10.8. The van der Waals surface area contributed by atoms with Crippen LogP contribution in [0.5, 0.6) is 17.2 Å². The van der Waals surface area contributed by atoms with E-state index >= 15 is 0 Å². The highest BCUT2D eigenvalue weighted by Gasteiger charge is 2.16. The Morgan fingerprint density at radius 2 is 1.48 bits per heavy atom. The summed E-state index contributed by atoms with van der Waals surface area (Å²) < 4.78 is 15.3. The molecule has 0 fully saturated rings. The van der Waals surface area contributed by atoms with Gasteiger partial charge in [0.2, 0.25) is 5.75 Å². The van der Waals surface area contributed by atoms with E-state index in [2.05, 4.69) is 6.92 Å². The van der Waals surface area contributed by atoms with Crippen LogP contribution in [0.15, 0.2) is 12.1 Å². The first-order valence-electron chi connectivity index (χ1n) is 8.26. The van der Waals surface area contributed by atoms with Gasteiger partial charge in [0.1, 0.15) is 0 Å². The van der Waals surface area contributed by atoms with Crippen LogP contribution in [0.2, 0.25) is 0 Å². The number of aromatic hydroxyl groups is 1. The van der Waals surface area contributed by atoms with E-state index in [1.54, 1.807) is 0 Å². The van der Waals surface area contributed by atoms with Crippen LogP contribution in [-0.2, 0) is 4.74 Å². The first-order chi connectivity index (χ1) is 11.1. The zero-order valence-corrected chi connectivity index (χ0v) is 14.4. The van der Waals surface area contributed by atoms with Crippen molar-refractivity contribution in [2.45, 2.75) is 51.9 Å². The summed E-state index contributed by atoms with van der Waals surface area (Å²) in [6.07, 6.45) is 8.18. The summed E-state index contributed by atoms with van der Waals surface area (Å²) in [5.74, 6) is -0.189. The van der Waals surface area contributed by atoms with Crippen molar-refractivity contribution < 1.29 is 24.1 Å². The molecule has 0 aromatic heterocycles. The Bertz CT molecular complexity index is 459. The van der Waals surface area contributed by atoms with Gasteiger partial charge in [-0.05, 0) is 18.6 Å². The largest absolute Gasteiger partial charge is 0.502 e. The summed E-state index contributed by atoms with van der Waals surface area (Å²) in [6, 6.07) is 2.90. The molecule has 1 N–H and O–H groups in total. The molecular weight excluding hydrogens is 296 g/mol. The second-order valence-electron chi connectivity index (χ2n) is 5.49. The molecule has 0 heterocycles. The summed E-state index contributed by atoms with van der Waals surface area (Å²) in [6.45, 7) is 2.60. The molecule has 0 bridgehead atoms. The van der Waals surface area contributed by atoms with E-state index in [1.807, 2.05) is 0 Å². The van der Waals surface area contributed by atoms with Gasteiger partial charge < -0.3 is 19.3 Å². The normalized spacial score (nSPS) is 10.4. The van der Waals surface area contributed by atoms with Crippen molar-refractivity contribution in [1.29, 1.82) is 0 Å². The van der Waals surface area contributed by atoms with Gasteiger partial charge in [-0.25, -0.2) is 4.79 Å². The lowest BCUT2D eigenvalue weighted by Gasteiger charge is -2.11. The molecule has 0 atom stereocenters. The maximum Gasteiger partial charge on any atom is 0.338 e. The van der Waals surface area contributed by atoms with Crippen molar-refractivity contribution >= 4 is 5.97 Å². The average Bonchev–Trinajstić information content (AvgIpc) is 2.57. The van der Waals surface area contributed by atoms with Gasteiger partial charge in [-0.1, -0.05) is 45.4 Å². The van der Waals surface area contributed by atoms with E-state index in [-0.39, 0.29) is 17.2 Å². The lowest BCUT2D eigenvalue weighted by molar-refractivity contribution is 0.0497. The van der Waals surface area contributed by atoms with Crippen LogP contribution in [0.1, 0.15) is 62.2 Å². The molecule has 5 nitrogen and oxygen atoms in total. The van der Waals surface area contributed by atoms with Gasteiger partial charge >= 0.3 is 5.97 Å². The summed E-state index contributed by atoms with van der Waals surface area (Å²) in [5, 5.41) is 9.83. The number of phenolic OH excluding ortho intramolecular Hbond substituents is 1. The standard InChI is InChI=1S/C18H28O5/c1-4-5-6-7-8-9-10-11-23-18(20)14-12-15(21-2)17(19)16(13-14)22-3/h12-13,19H,4-11H2,1-3H3. The molecule has 0 unspecified atom stereocenters. The van der Waals surface area contributed by atoms with E-state index in [0.717, 1.165) is 12.8 Å². The van der Waals surface area contributed by atoms with Gasteiger partial charge in [-0.2, -0.15) is 0 Å². The van der Waals surface area contributed by atoms with Gasteiger partial charge in [-0.15, -0.1) is 0 Å². The molecule has 1 rings (SSSR count). The zero-order valence-electron chi connectivity index (χ0n) is 14.4. The van der Waals surface area contributed by atoms with Crippen molar-refractivity contribution in [3.63, 3.8) is 0 Å². The number of rotatable bonds is 11. The summed E-state index contributed by atoms with van der Waals surface area (Å²) in [7, 11) is 2.84. The van der Waals surface area contributed by atoms with Gasteiger partial charge in [0.15, 0.2) is 11.5 Å². The molecule has 1 aromatic rings. The molecule has 0 radical (unpaired) electrons. The molecule has 23 heavy (non-hydrogen) atoms. The van der Waals surface area contributed by atoms with Crippen LogP contribution in [-0.4, -0.2) is 31.9 Å². The molecule has 0 amide bonds. The number of esters is 1. The lowest BCUT2D eigenvalue weighted by atomic mass is 10.1. The highest BCUT2D eigenvalue weighted by atomic mass is 16.5. The van der Waals surface area contributed by atoms with E-state index in [9.17, 15) is 9.90 Å². The van der Waals surface area contributed by atoms with Gasteiger partial charge in [0.05, 0.1) is 26.4 Å². The van der Waals surface area contributed by atoms with Gasteiger partial charge in [-0.3, -0.25) is 0 Å². The number of ether oxygens (including phenoxy) is 3. The second-order valence-corrected chi connectivity index (χ2v) is 5.49. The van der Waals surface area contributed by atoms with Gasteiger partial charge in [0.25, 0.3) is 0 Å². The van der Waals surface area contributed by atoms with E-state index < -0.39 is 5.97 Å². The van der Waals surface area contributed by atoms with Crippen LogP contribution in [0.25, 0.3) is 0 Å². The zero-order chi connectivity index (χ0) is 17.1. The van der Waals surface area contributed by atoms with Crippen molar-refractivity contribution in [3.8, 4) is 17.2 Å². The highest BCUT2D eigenvalue weighted by Crippen LogP contribution is 2.37. The van der Waals surface area contributed by atoms with Crippen molar-refractivity contribution in [3.05, 3.63) is 17.7 Å². The number of carbonyl (C=O) groups is 1. The number of hydrogen-bond acceptors (Lipinski definition) is 5. The third-order valence-electron chi connectivity index (χ3n) is 3.70. The van der Waals surface area contributed by atoms with Crippen LogP contribution in [0.4, 0.5) is 0 Å². The minimum Gasteiger partial charge on any atom is -0.502 e. The third kappa shape index (κ3) is 6.38. The van der Waals surface area contributed by atoms with Gasteiger partial charge in [0, 0.05) is 0 Å². The quantitative estimate of drug-likeness (QED) is 0.485. The fourth-order valence-electron chi connectivity index (χ4n) is 2.32. The maximum absolute atomic E-state index is 12.1. The molecule has 5 heteroatoms. The fraction of sp³-hybridized carbons (Fsp3) is 0.611. The van der Waals surface area contributed by atoms with Crippen LogP contribution < -0.4 is 9.47 Å². The Morgan fingerprint density at radius 3 is 2.00 bits per heavy atom. The molecule has 0 spiro atoms. The maximum atomic E-state index is 12.1. The number of phenols is 1. The van der Waals surface area contributed by atoms with Crippen LogP contribution >= 0.6 is 0 Å². The SMILES string of the molecule is CCCCCCCCCOC(=O)c1cc(OC)c(O)c(OC)c1. The first kappa shape index (κ1) is 19.1. The van der Waals surface area contributed by atoms with E-state index in [0.29, 0.717) is 12.2 Å². The number of methoxy groups -OCH3 is 2. The summed E-state index contributed by atoms with van der Waals surface area (Å²) in [4.78, 5) is 12.1. The first-order valence-corrected chi connectivity index (χ1v) is 8.26. The molecule has 130 valence electrons. The monoisotopic (exact) mass is 324 g/mol. The van der Waals surface area contributed by atoms with E-state index in [1.165, 1.54) is 58.5 Å². The predicted octanol–water partition coefficient (Wildman–Crippen LogP) is 4.32. The molecule has 1 aromatic carbocycles. The minimum absolute atomic E-state index is 0.126. The Labute approximate surface area is 138 Å². The van der Waals surface area contributed by atoms with Crippen LogP contribution in [0, 0.1) is 0 Å². The average molecular weight is 324 g/mol. The summed E-state index contributed by atoms with van der Waals surface area (Å²) >= 11 is 0. The predicted molar refractivity (Wildman–Crippen MR) is 89.5 cm³/mol. The van der Waals surface area contributed by atoms with Crippen molar-refractivity contribution in [2.75, 3.05) is 20.8 Å². The number of benzene rings is 1. The Balaban J connectivity index is 2.40. The third-order valence-corrected chi connectivity index (χ3v) is 3.70. The number of unbranched alkanes of at least 4 members (excludes halogenated alkanes) is 6. The lowest BCUT2D eigenvalue weighted by Crippen LogP contribution is -2.07. The molecule has 0 saturated carbocycles. The van der Waals surface area contributed by atoms with Crippen molar-refractivity contribution in [1.82, 2.24) is 0 Å².